The minimum atomic E-state index is 0.597. The topological polar surface area (TPSA) is 27.3 Å². The van der Waals surface area contributed by atoms with Crippen molar-refractivity contribution in [2.45, 2.75) is 6.92 Å². The molecule has 0 spiro atoms. The number of benzene rings is 2. The zero-order chi connectivity index (χ0) is 15.9. The first-order valence-electron chi connectivity index (χ1n) is 7.13. The van der Waals surface area contributed by atoms with Gasteiger partial charge in [-0.2, -0.15) is 0 Å². The molecule has 2 N–H and O–H groups in total. The molecule has 0 saturated carbocycles. The van der Waals surface area contributed by atoms with E-state index in [1.54, 1.807) is 0 Å². The van der Waals surface area contributed by atoms with Gasteiger partial charge in [-0.25, -0.2) is 0 Å². The van der Waals surface area contributed by atoms with E-state index in [2.05, 4.69) is 53.8 Å². The lowest BCUT2D eigenvalue weighted by Crippen LogP contribution is -2.35. The molecule has 0 bridgehead atoms. The van der Waals surface area contributed by atoms with E-state index in [-0.39, 0.29) is 0 Å². The first-order chi connectivity index (χ1) is 10.5. The fraction of sp³-hybridized carbons (Fsp3) is 0.235. The van der Waals surface area contributed by atoms with E-state index in [0.29, 0.717) is 10.1 Å². The Morgan fingerprint density at radius 3 is 2.59 bits per heavy atom. The number of nitrogens with zero attached hydrogens (tertiary/aromatic N) is 1. The third-order valence-corrected chi connectivity index (χ3v) is 3.77. The molecule has 5 heteroatoms. The van der Waals surface area contributed by atoms with Gasteiger partial charge in [0.15, 0.2) is 5.11 Å². The molecule has 3 nitrogen and oxygen atoms in total. The van der Waals surface area contributed by atoms with Gasteiger partial charge in [0.1, 0.15) is 0 Å². The predicted octanol–water partition coefficient (Wildman–Crippen LogP) is 4.07. The molecule has 2 rings (SSSR count). The molecule has 0 aliphatic carbocycles. The maximum absolute atomic E-state index is 5.94. The van der Waals surface area contributed by atoms with Gasteiger partial charge < -0.3 is 15.5 Å². The molecule has 0 aliphatic rings. The van der Waals surface area contributed by atoms with Crippen LogP contribution >= 0.6 is 23.8 Å². The lowest BCUT2D eigenvalue weighted by molar-refractivity contribution is 0.827. The maximum Gasteiger partial charge on any atom is 0.170 e. The summed E-state index contributed by atoms with van der Waals surface area (Å²) in [7, 11) is 2.07. The third kappa shape index (κ3) is 5.20. The highest BCUT2D eigenvalue weighted by atomic mass is 35.5. The Hall–Kier alpha value is -1.78. The molecular formula is C17H20ClN3S. The average molecular weight is 334 g/mol. The fourth-order valence-electron chi connectivity index (χ4n) is 2.01. The van der Waals surface area contributed by atoms with Gasteiger partial charge in [0, 0.05) is 36.5 Å². The Morgan fingerprint density at radius 2 is 1.91 bits per heavy atom. The molecule has 0 fully saturated rings. The standard InChI is InChI=1S/C17H20ClN3S/c1-13-6-8-16(9-7-13)21(2)11-10-19-17(22)20-15-5-3-4-14(18)12-15/h3-9,12H,10-11H2,1-2H3,(H2,19,20,22). The largest absolute Gasteiger partial charge is 0.373 e. The monoisotopic (exact) mass is 333 g/mol. The Kier molecular flexibility index (Phi) is 6.04. The van der Waals surface area contributed by atoms with Gasteiger partial charge in [-0.05, 0) is 49.5 Å². The molecule has 2 aromatic rings. The predicted molar refractivity (Wildman–Crippen MR) is 100 cm³/mol. The molecule has 22 heavy (non-hydrogen) atoms. The number of likely N-dealkylation sites (N-methyl/N-ethyl adjacent to an activating group) is 1. The van der Waals surface area contributed by atoms with E-state index in [1.165, 1.54) is 11.3 Å². The van der Waals surface area contributed by atoms with Gasteiger partial charge in [-0.15, -0.1) is 0 Å². The van der Waals surface area contributed by atoms with Gasteiger partial charge in [-0.1, -0.05) is 35.4 Å². The van der Waals surface area contributed by atoms with Crippen LogP contribution in [0.5, 0.6) is 0 Å². The van der Waals surface area contributed by atoms with Crippen LogP contribution in [-0.2, 0) is 0 Å². The number of halogens is 1. The van der Waals surface area contributed by atoms with Crippen molar-refractivity contribution in [1.29, 1.82) is 0 Å². The Balaban J connectivity index is 1.76. The maximum atomic E-state index is 5.94. The van der Waals surface area contributed by atoms with Crippen molar-refractivity contribution < 1.29 is 0 Å². The fourth-order valence-corrected chi connectivity index (χ4v) is 2.42. The summed E-state index contributed by atoms with van der Waals surface area (Å²) in [6, 6.07) is 16.0. The van der Waals surface area contributed by atoms with Gasteiger partial charge >= 0.3 is 0 Å². The van der Waals surface area contributed by atoms with Crippen LogP contribution in [0.25, 0.3) is 0 Å². The summed E-state index contributed by atoms with van der Waals surface area (Å²) in [5.41, 5.74) is 3.35. The van der Waals surface area contributed by atoms with Crippen molar-refractivity contribution in [3.63, 3.8) is 0 Å². The normalized spacial score (nSPS) is 10.1. The van der Waals surface area contributed by atoms with Crippen LogP contribution in [0.2, 0.25) is 5.02 Å². The Morgan fingerprint density at radius 1 is 1.18 bits per heavy atom. The summed E-state index contributed by atoms with van der Waals surface area (Å²) in [4.78, 5) is 2.19. The lowest BCUT2D eigenvalue weighted by atomic mass is 10.2. The number of hydrogen-bond donors (Lipinski definition) is 2. The number of aryl methyl sites for hydroxylation is 1. The van der Waals surface area contributed by atoms with E-state index >= 15 is 0 Å². The zero-order valence-electron chi connectivity index (χ0n) is 12.8. The number of hydrogen-bond acceptors (Lipinski definition) is 2. The van der Waals surface area contributed by atoms with Crippen LogP contribution in [0, 0.1) is 6.92 Å². The molecule has 0 aliphatic heterocycles. The summed E-state index contributed by atoms with van der Waals surface area (Å²) in [5.74, 6) is 0. The van der Waals surface area contributed by atoms with Crippen molar-refractivity contribution in [3.05, 3.63) is 59.1 Å². The summed E-state index contributed by atoms with van der Waals surface area (Å²) in [6.07, 6.45) is 0. The van der Waals surface area contributed by atoms with Crippen molar-refractivity contribution in [2.75, 3.05) is 30.4 Å². The van der Waals surface area contributed by atoms with Crippen LogP contribution in [-0.4, -0.2) is 25.2 Å². The highest BCUT2D eigenvalue weighted by molar-refractivity contribution is 7.80. The molecule has 0 amide bonds. The molecule has 0 atom stereocenters. The number of nitrogens with one attached hydrogen (secondary N) is 2. The van der Waals surface area contributed by atoms with Crippen LogP contribution in [0.4, 0.5) is 11.4 Å². The van der Waals surface area contributed by atoms with Crippen LogP contribution in [0.3, 0.4) is 0 Å². The third-order valence-electron chi connectivity index (χ3n) is 3.29. The van der Waals surface area contributed by atoms with E-state index in [4.69, 9.17) is 23.8 Å². The first kappa shape index (κ1) is 16.6. The number of rotatable bonds is 5. The van der Waals surface area contributed by atoms with E-state index < -0.39 is 0 Å². The molecule has 0 aromatic heterocycles. The number of anilines is 2. The van der Waals surface area contributed by atoms with Crippen molar-refractivity contribution in [3.8, 4) is 0 Å². The SMILES string of the molecule is Cc1ccc(N(C)CCNC(=S)Nc2cccc(Cl)c2)cc1. The highest BCUT2D eigenvalue weighted by Gasteiger charge is 2.02. The second kappa shape index (κ2) is 8.01. The number of thiocarbonyl (C=S) groups is 1. The molecule has 0 heterocycles. The molecule has 116 valence electrons. The Bertz CT molecular complexity index is 628. The highest BCUT2D eigenvalue weighted by Crippen LogP contribution is 2.15. The smallest absolute Gasteiger partial charge is 0.170 e. The molecule has 0 unspecified atom stereocenters. The summed E-state index contributed by atoms with van der Waals surface area (Å²) >= 11 is 11.2. The van der Waals surface area contributed by atoms with Crippen LogP contribution in [0.15, 0.2) is 48.5 Å². The van der Waals surface area contributed by atoms with Gasteiger partial charge in [0.25, 0.3) is 0 Å². The zero-order valence-corrected chi connectivity index (χ0v) is 14.3. The van der Waals surface area contributed by atoms with Crippen molar-refractivity contribution in [2.24, 2.45) is 0 Å². The van der Waals surface area contributed by atoms with E-state index in [0.717, 1.165) is 18.8 Å². The van der Waals surface area contributed by atoms with Gasteiger partial charge in [0.05, 0.1) is 0 Å². The lowest BCUT2D eigenvalue weighted by Gasteiger charge is -2.20. The second-order valence-electron chi connectivity index (χ2n) is 5.15. The minimum Gasteiger partial charge on any atom is -0.373 e. The van der Waals surface area contributed by atoms with Crippen LogP contribution in [0.1, 0.15) is 5.56 Å². The summed E-state index contributed by atoms with van der Waals surface area (Å²) < 4.78 is 0. The first-order valence-corrected chi connectivity index (χ1v) is 7.91. The van der Waals surface area contributed by atoms with Crippen molar-refractivity contribution in [1.82, 2.24) is 5.32 Å². The average Bonchev–Trinajstić information content (AvgIpc) is 2.47. The summed E-state index contributed by atoms with van der Waals surface area (Å²) in [5, 5.41) is 7.60. The molecule has 0 radical (unpaired) electrons. The quantitative estimate of drug-likeness (QED) is 0.806. The van der Waals surface area contributed by atoms with Gasteiger partial charge in [0.2, 0.25) is 0 Å². The minimum absolute atomic E-state index is 0.597. The van der Waals surface area contributed by atoms with Crippen molar-refractivity contribution >= 4 is 40.3 Å². The van der Waals surface area contributed by atoms with E-state index in [9.17, 15) is 0 Å². The summed E-state index contributed by atoms with van der Waals surface area (Å²) in [6.45, 7) is 3.71. The molecule has 2 aromatic carbocycles. The molecule has 0 saturated heterocycles. The van der Waals surface area contributed by atoms with E-state index in [1.807, 2.05) is 24.3 Å². The second-order valence-corrected chi connectivity index (χ2v) is 5.99. The molecular weight excluding hydrogens is 314 g/mol. The Labute approximate surface area is 142 Å². The van der Waals surface area contributed by atoms with Crippen LogP contribution < -0.4 is 15.5 Å². The van der Waals surface area contributed by atoms with Gasteiger partial charge in [-0.3, -0.25) is 0 Å².